The van der Waals surface area contributed by atoms with Crippen LogP contribution in [-0.4, -0.2) is 60.2 Å². The third-order valence-electron chi connectivity index (χ3n) is 6.80. The normalized spacial score (nSPS) is 20.8. The first-order chi connectivity index (χ1) is 16.0. The van der Waals surface area contributed by atoms with Gasteiger partial charge >= 0.3 is 0 Å². The molecule has 2 fully saturated rings. The fourth-order valence-electron chi connectivity index (χ4n) is 4.81. The number of hydrogen-bond donors (Lipinski definition) is 2. The maximum atomic E-state index is 13.7. The van der Waals surface area contributed by atoms with E-state index in [-0.39, 0.29) is 29.7 Å². The standard InChI is InChI=1S/C26H38N4O3/c1-18(2)25(31)28-21-13-19(14-27-15-21)26(32)30(22-9-10-22)17-20-16-29(11-6-12-33-3)24-8-5-4-7-23(20)24/h4-5,7-8,16,18-19,21-22,27H,6,9-15,17H2,1-3H3,(H,28,31). The lowest BCUT2D eigenvalue weighted by Crippen LogP contribution is -2.53. The zero-order valence-corrected chi connectivity index (χ0v) is 20.2. The van der Waals surface area contributed by atoms with Crippen molar-refractivity contribution in [3.63, 3.8) is 0 Å². The number of nitrogens with one attached hydrogen (secondary N) is 2. The Balaban J connectivity index is 1.49. The molecule has 0 spiro atoms. The molecule has 4 rings (SSSR count). The van der Waals surface area contributed by atoms with E-state index in [4.69, 9.17) is 4.74 Å². The molecule has 1 aromatic carbocycles. The van der Waals surface area contributed by atoms with E-state index in [1.165, 1.54) is 16.5 Å². The Hall–Kier alpha value is -2.38. The lowest BCUT2D eigenvalue weighted by atomic mass is 9.93. The summed E-state index contributed by atoms with van der Waals surface area (Å²) in [7, 11) is 1.73. The van der Waals surface area contributed by atoms with Crippen LogP contribution >= 0.6 is 0 Å². The number of benzene rings is 1. The van der Waals surface area contributed by atoms with E-state index < -0.39 is 0 Å². The fourth-order valence-corrected chi connectivity index (χ4v) is 4.81. The number of aryl methyl sites for hydroxylation is 1. The van der Waals surface area contributed by atoms with Crippen LogP contribution in [0.5, 0.6) is 0 Å². The predicted octanol–water partition coefficient (Wildman–Crippen LogP) is 2.92. The molecule has 2 aliphatic rings. The summed E-state index contributed by atoms with van der Waals surface area (Å²) >= 11 is 0. The van der Waals surface area contributed by atoms with E-state index >= 15 is 0 Å². The summed E-state index contributed by atoms with van der Waals surface area (Å²) in [5.41, 5.74) is 2.42. The first kappa shape index (κ1) is 23.8. The second kappa shape index (κ2) is 10.7. The summed E-state index contributed by atoms with van der Waals surface area (Å²) in [6.45, 7) is 7.47. The summed E-state index contributed by atoms with van der Waals surface area (Å²) < 4.78 is 7.52. The maximum absolute atomic E-state index is 13.7. The molecule has 2 atom stereocenters. The number of piperidine rings is 1. The number of fused-ring (bicyclic) bond motifs is 1. The number of para-hydroxylation sites is 1. The molecular formula is C26H38N4O3. The van der Waals surface area contributed by atoms with Gasteiger partial charge in [0.15, 0.2) is 0 Å². The lowest BCUT2D eigenvalue weighted by Gasteiger charge is -2.34. The highest BCUT2D eigenvalue weighted by Gasteiger charge is 2.38. The van der Waals surface area contributed by atoms with Gasteiger partial charge in [-0.1, -0.05) is 32.0 Å². The minimum atomic E-state index is -0.105. The Morgan fingerprint density at radius 3 is 2.76 bits per heavy atom. The van der Waals surface area contributed by atoms with E-state index in [0.29, 0.717) is 25.6 Å². The number of carbonyl (C=O) groups is 2. The van der Waals surface area contributed by atoms with Gasteiger partial charge in [0.1, 0.15) is 0 Å². The van der Waals surface area contributed by atoms with E-state index in [1.807, 2.05) is 13.8 Å². The van der Waals surface area contributed by atoms with E-state index in [9.17, 15) is 9.59 Å². The van der Waals surface area contributed by atoms with Crippen LogP contribution in [0.15, 0.2) is 30.5 Å². The van der Waals surface area contributed by atoms with Gasteiger partial charge < -0.3 is 24.8 Å². The smallest absolute Gasteiger partial charge is 0.227 e. The topological polar surface area (TPSA) is 75.6 Å². The molecule has 1 aliphatic heterocycles. The number of ether oxygens (including phenoxy) is 1. The molecule has 7 nitrogen and oxygen atoms in total. The number of nitrogens with zero attached hydrogens (tertiary/aromatic N) is 2. The van der Waals surface area contributed by atoms with Gasteiger partial charge in [-0.25, -0.2) is 0 Å². The van der Waals surface area contributed by atoms with Gasteiger partial charge in [-0.2, -0.15) is 0 Å². The molecule has 2 unspecified atom stereocenters. The van der Waals surface area contributed by atoms with Crippen LogP contribution in [0.4, 0.5) is 0 Å². The Labute approximate surface area is 196 Å². The molecule has 0 bridgehead atoms. The molecule has 2 aromatic rings. The van der Waals surface area contributed by atoms with Crippen molar-refractivity contribution in [3.05, 3.63) is 36.0 Å². The van der Waals surface area contributed by atoms with Crippen molar-refractivity contribution in [2.24, 2.45) is 11.8 Å². The molecule has 180 valence electrons. The average Bonchev–Trinajstić information content (AvgIpc) is 3.60. The Morgan fingerprint density at radius 1 is 1.24 bits per heavy atom. The van der Waals surface area contributed by atoms with E-state index in [2.05, 4.69) is 50.6 Å². The zero-order valence-electron chi connectivity index (χ0n) is 20.2. The van der Waals surface area contributed by atoms with E-state index in [1.54, 1.807) is 7.11 Å². The first-order valence-electron chi connectivity index (χ1n) is 12.3. The minimum absolute atomic E-state index is 0.00588. The molecule has 1 saturated carbocycles. The van der Waals surface area contributed by atoms with Crippen LogP contribution in [0.3, 0.4) is 0 Å². The summed E-state index contributed by atoms with van der Waals surface area (Å²) in [5, 5.41) is 7.69. The Bertz CT molecular complexity index is 966. The van der Waals surface area contributed by atoms with Crippen LogP contribution < -0.4 is 10.6 Å². The quantitative estimate of drug-likeness (QED) is 0.542. The minimum Gasteiger partial charge on any atom is -0.385 e. The van der Waals surface area contributed by atoms with Gasteiger partial charge in [0.25, 0.3) is 0 Å². The van der Waals surface area contributed by atoms with Crippen LogP contribution in [0.1, 0.15) is 45.1 Å². The maximum Gasteiger partial charge on any atom is 0.227 e. The summed E-state index contributed by atoms with van der Waals surface area (Å²) in [4.78, 5) is 27.9. The molecule has 2 heterocycles. The number of aromatic nitrogens is 1. The predicted molar refractivity (Wildman–Crippen MR) is 130 cm³/mol. The molecule has 33 heavy (non-hydrogen) atoms. The summed E-state index contributed by atoms with van der Waals surface area (Å²) in [5.74, 6) is 0.108. The fraction of sp³-hybridized carbons (Fsp3) is 0.615. The molecule has 0 radical (unpaired) electrons. The number of methoxy groups -OCH3 is 1. The van der Waals surface area contributed by atoms with Gasteiger partial charge in [-0.05, 0) is 37.3 Å². The SMILES string of the molecule is COCCCn1cc(CN(C(=O)C2CNCC(NC(=O)C(C)C)C2)C2CC2)c2ccccc21. The number of rotatable bonds is 10. The number of hydrogen-bond acceptors (Lipinski definition) is 4. The van der Waals surface area contributed by atoms with Crippen molar-refractivity contribution in [1.29, 1.82) is 0 Å². The van der Waals surface area contributed by atoms with Crippen molar-refractivity contribution in [1.82, 2.24) is 20.1 Å². The summed E-state index contributed by atoms with van der Waals surface area (Å²) in [6, 6.07) is 8.79. The van der Waals surface area contributed by atoms with Gasteiger partial charge in [0.2, 0.25) is 11.8 Å². The molecule has 1 saturated heterocycles. The highest BCUT2D eigenvalue weighted by atomic mass is 16.5. The van der Waals surface area contributed by atoms with Crippen molar-refractivity contribution in [3.8, 4) is 0 Å². The highest BCUT2D eigenvalue weighted by molar-refractivity contribution is 5.85. The molecule has 2 amide bonds. The Kier molecular flexibility index (Phi) is 7.71. The van der Waals surface area contributed by atoms with Crippen molar-refractivity contribution < 1.29 is 14.3 Å². The third-order valence-corrected chi connectivity index (χ3v) is 6.80. The van der Waals surface area contributed by atoms with Crippen molar-refractivity contribution in [2.45, 2.75) is 64.7 Å². The van der Waals surface area contributed by atoms with Crippen LogP contribution in [0, 0.1) is 11.8 Å². The second-order valence-electron chi connectivity index (χ2n) is 9.86. The van der Waals surface area contributed by atoms with Crippen molar-refractivity contribution in [2.75, 3.05) is 26.8 Å². The average molecular weight is 455 g/mol. The molecule has 2 N–H and O–H groups in total. The second-order valence-corrected chi connectivity index (χ2v) is 9.86. The first-order valence-corrected chi connectivity index (χ1v) is 12.3. The van der Waals surface area contributed by atoms with Gasteiger partial charge in [-0.3, -0.25) is 9.59 Å². The van der Waals surface area contributed by atoms with Crippen LogP contribution in [0.2, 0.25) is 0 Å². The van der Waals surface area contributed by atoms with E-state index in [0.717, 1.165) is 39.0 Å². The number of carbonyl (C=O) groups excluding carboxylic acids is 2. The molecular weight excluding hydrogens is 416 g/mol. The third kappa shape index (κ3) is 5.76. The lowest BCUT2D eigenvalue weighted by molar-refractivity contribution is -0.138. The van der Waals surface area contributed by atoms with Gasteiger partial charge in [0, 0.05) is 75.0 Å². The van der Waals surface area contributed by atoms with Crippen molar-refractivity contribution >= 4 is 22.7 Å². The largest absolute Gasteiger partial charge is 0.385 e. The Morgan fingerprint density at radius 2 is 2.03 bits per heavy atom. The molecule has 7 heteroatoms. The number of amides is 2. The highest BCUT2D eigenvalue weighted by Crippen LogP contribution is 2.33. The van der Waals surface area contributed by atoms with Crippen LogP contribution in [-0.2, 0) is 27.4 Å². The molecule has 1 aromatic heterocycles. The zero-order chi connectivity index (χ0) is 23.4. The summed E-state index contributed by atoms with van der Waals surface area (Å²) in [6.07, 6.45) is 6.02. The monoisotopic (exact) mass is 454 g/mol. The van der Waals surface area contributed by atoms with Gasteiger partial charge in [-0.15, -0.1) is 0 Å². The van der Waals surface area contributed by atoms with Crippen LogP contribution in [0.25, 0.3) is 10.9 Å². The van der Waals surface area contributed by atoms with Gasteiger partial charge in [0.05, 0.1) is 5.92 Å². The molecule has 1 aliphatic carbocycles.